The smallest absolute Gasteiger partial charge is 0.304 e. The van der Waals surface area contributed by atoms with E-state index in [4.69, 9.17) is 4.74 Å². The van der Waals surface area contributed by atoms with Gasteiger partial charge in [-0.05, 0) is 26.7 Å². The molecule has 0 spiro atoms. The predicted molar refractivity (Wildman–Crippen MR) is 97.9 cm³/mol. The highest BCUT2D eigenvalue weighted by molar-refractivity contribution is 6.06. The highest BCUT2D eigenvalue weighted by atomic mass is 16.6. The number of carbonyl (C=O) groups is 2. The molecule has 2 aromatic rings. The van der Waals surface area contributed by atoms with E-state index in [9.17, 15) is 9.59 Å². The Labute approximate surface area is 149 Å². The van der Waals surface area contributed by atoms with E-state index < -0.39 is 11.6 Å². The lowest BCUT2D eigenvalue weighted by atomic mass is 9.84. The van der Waals surface area contributed by atoms with Crippen molar-refractivity contribution in [1.82, 2.24) is 0 Å². The van der Waals surface area contributed by atoms with Gasteiger partial charge in [-0.3, -0.25) is 9.59 Å². The van der Waals surface area contributed by atoms with Gasteiger partial charge in [0.1, 0.15) is 0 Å². The van der Waals surface area contributed by atoms with Crippen molar-refractivity contribution in [3.05, 3.63) is 71.8 Å². The molecule has 0 fully saturated rings. The zero-order chi connectivity index (χ0) is 18.5. The third kappa shape index (κ3) is 4.58. The van der Waals surface area contributed by atoms with Crippen molar-refractivity contribution in [3.8, 4) is 11.8 Å². The SMILES string of the molecule is CC(=O)OC(C#CC(C)(C)C)(C(=O)c1ccccc1)c1ccccc1. The Balaban J connectivity index is 2.72. The molecule has 0 aromatic heterocycles. The highest BCUT2D eigenvalue weighted by Gasteiger charge is 2.43. The summed E-state index contributed by atoms with van der Waals surface area (Å²) in [5, 5.41) is 0. The topological polar surface area (TPSA) is 43.4 Å². The molecular formula is C22H22O3. The number of hydrogen-bond donors (Lipinski definition) is 0. The number of benzene rings is 2. The van der Waals surface area contributed by atoms with Gasteiger partial charge in [0.25, 0.3) is 5.60 Å². The lowest BCUT2D eigenvalue weighted by Gasteiger charge is -2.28. The van der Waals surface area contributed by atoms with Gasteiger partial charge in [-0.2, -0.15) is 0 Å². The summed E-state index contributed by atoms with van der Waals surface area (Å²) in [6.45, 7) is 7.11. The monoisotopic (exact) mass is 334 g/mol. The van der Waals surface area contributed by atoms with Crippen molar-refractivity contribution in [2.75, 3.05) is 0 Å². The molecule has 2 aromatic carbocycles. The molecule has 0 heterocycles. The Kier molecular flexibility index (Phi) is 5.44. The predicted octanol–water partition coefficient (Wildman–Crippen LogP) is 4.38. The van der Waals surface area contributed by atoms with Crippen LogP contribution in [0.1, 0.15) is 43.6 Å². The molecule has 0 bridgehead atoms. The normalized spacial score (nSPS) is 13.1. The first-order valence-corrected chi connectivity index (χ1v) is 8.14. The van der Waals surface area contributed by atoms with Crippen LogP contribution < -0.4 is 0 Å². The van der Waals surface area contributed by atoms with Crippen molar-refractivity contribution in [3.63, 3.8) is 0 Å². The number of ether oxygens (including phenoxy) is 1. The molecule has 25 heavy (non-hydrogen) atoms. The second-order valence-corrected chi connectivity index (χ2v) is 6.84. The minimum atomic E-state index is -1.66. The molecule has 0 N–H and O–H groups in total. The third-order valence-electron chi connectivity index (χ3n) is 3.45. The Bertz CT molecular complexity index is 805. The molecule has 2 rings (SSSR count). The van der Waals surface area contributed by atoms with Crippen molar-refractivity contribution in [2.45, 2.75) is 33.3 Å². The second kappa shape index (κ2) is 7.36. The van der Waals surface area contributed by atoms with Crippen LogP contribution in [0.5, 0.6) is 0 Å². The molecule has 128 valence electrons. The van der Waals surface area contributed by atoms with Crippen molar-refractivity contribution in [1.29, 1.82) is 0 Å². The van der Waals surface area contributed by atoms with Crippen LogP contribution in [0.15, 0.2) is 60.7 Å². The first-order chi connectivity index (χ1) is 11.7. The number of esters is 1. The Morgan fingerprint density at radius 1 is 0.840 bits per heavy atom. The summed E-state index contributed by atoms with van der Waals surface area (Å²) < 4.78 is 5.57. The maximum atomic E-state index is 13.3. The Morgan fingerprint density at radius 2 is 1.36 bits per heavy atom. The molecule has 3 heteroatoms. The van der Waals surface area contributed by atoms with E-state index in [1.165, 1.54) is 6.92 Å². The van der Waals surface area contributed by atoms with Gasteiger partial charge in [0.2, 0.25) is 5.78 Å². The van der Waals surface area contributed by atoms with E-state index in [0.29, 0.717) is 11.1 Å². The number of rotatable bonds is 4. The van der Waals surface area contributed by atoms with Crippen LogP contribution in [-0.2, 0) is 15.1 Å². The van der Waals surface area contributed by atoms with Crippen LogP contribution >= 0.6 is 0 Å². The fourth-order valence-electron chi connectivity index (χ4n) is 2.35. The van der Waals surface area contributed by atoms with Gasteiger partial charge < -0.3 is 4.74 Å². The second-order valence-electron chi connectivity index (χ2n) is 6.84. The molecule has 0 amide bonds. The number of Topliss-reactive ketones (excluding diaryl/α,β-unsaturated/α-hetero) is 1. The molecule has 0 radical (unpaired) electrons. The van der Waals surface area contributed by atoms with E-state index in [0.717, 1.165) is 0 Å². The first kappa shape index (κ1) is 18.5. The van der Waals surface area contributed by atoms with Crippen LogP contribution in [0.2, 0.25) is 0 Å². The van der Waals surface area contributed by atoms with Gasteiger partial charge in [-0.1, -0.05) is 66.6 Å². The van der Waals surface area contributed by atoms with Gasteiger partial charge in [-0.15, -0.1) is 0 Å². The van der Waals surface area contributed by atoms with E-state index >= 15 is 0 Å². The van der Waals surface area contributed by atoms with Crippen LogP contribution in [-0.4, -0.2) is 11.8 Å². The summed E-state index contributed by atoms with van der Waals surface area (Å²) in [7, 11) is 0. The van der Waals surface area contributed by atoms with Gasteiger partial charge in [-0.25, -0.2) is 0 Å². The molecular weight excluding hydrogens is 312 g/mol. The first-order valence-electron chi connectivity index (χ1n) is 8.14. The molecule has 1 atom stereocenters. The van der Waals surface area contributed by atoms with Gasteiger partial charge in [0.15, 0.2) is 0 Å². The van der Waals surface area contributed by atoms with Gasteiger partial charge >= 0.3 is 5.97 Å². The van der Waals surface area contributed by atoms with Crippen LogP contribution in [0.4, 0.5) is 0 Å². The van der Waals surface area contributed by atoms with E-state index in [2.05, 4.69) is 11.8 Å². The summed E-state index contributed by atoms with van der Waals surface area (Å²) in [6.07, 6.45) is 0. The summed E-state index contributed by atoms with van der Waals surface area (Å²) >= 11 is 0. The molecule has 3 nitrogen and oxygen atoms in total. The average Bonchev–Trinajstić information content (AvgIpc) is 2.58. The highest BCUT2D eigenvalue weighted by Crippen LogP contribution is 2.31. The van der Waals surface area contributed by atoms with Gasteiger partial charge in [0.05, 0.1) is 0 Å². The standard InChI is InChI=1S/C22H22O3/c1-17(23)25-22(16-15-21(2,3)4,19-13-9-6-10-14-19)20(24)18-11-7-5-8-12-18/h5-14H,1-4H3. The molecule has 0 saturated carbocycles. The zero-order valence-electron chi connectivity index (χ0n) is 15.0. The van der Waals surface area contributed by atoms with Crippen LogP contribution in [0, 0.1) is 17.3 Å². The minimum Gasteiger partial charge on any atom is -0.434 e. The third-order valence-corrected chi connectivity index (χ3v) is 3.45. The molecule has 0 aliphatic heterocycles. The van der Waals surface area contributed by atoms with Crippen molar-refractivity contribution in [2.24, 2.45) is 5.41 Å². The fourth-order valence-corrected chi connectivity index (χ4v) is 2.35. The zero-order valence-corrected chi connectivity index (χ0v) is 15.0. The lowest BCUT2D eigenvalue weighted by molar-refractivity contribution is -0.149. The van der Waals surface area contributed by atoms with Crippen LogP contribution in [0.25, 0.3) is 0 Å². The number of ketones is 1. The molecule has 0 aliphatic carbocycles. The largest absolute Gasteiger partial charge is 0.434 e. The van der Waals surface area contributed by atoms with E-state index in [-0.39, 0.29) is 11.2 Å². The van der Waals surface area contributed by atoms with Gasteiger partial charge in [0, 0.05) is 23.5 Å². The van der Waals surface area contributed by atoms with Crippen molar-refractivity contribution < 1.29 is 14.3 Å². The quantitative estimate of drug-likeness (QED) is 0.473. The summed E-state index contributed by atoms with van der Waals surface area (Å²) in [5.74, 6) is 5.13. The molecule has 0 aliphatic rings. The number of carbonyl (C=O) groups excluding carboxylic acids is 2. The minimum absolute atomic E-state index is 0.350. The summed E-state index contributed by atoms with van der Waals surface area (Å²) in [5.41, 5.74) is -1.04. The maximum absolute atomic E-state index is 13.3. The Morgan fingerprint density at radius 3 is 1.84 bits per heavy atom. The van der Waals surface area contributed by atoms with E-state index in [1.54, 1.807) is 48.5 Å². The Hall–Kier alpha value is -2.86. The van der Waals surface area contributed by atoms with Crippen LogP contribution in [0.3, 0.4) is 0 Å². The molecule has 1 unspecified atom stereocenters. The summed E-state index contributed by atoms with van der Waals surface area (Å²) in [4.78, 5) is 25.2. The number of hydrogen-bond acceptors (Lipinski definition) is 3. The van der Waals surface area contributed by atoms with E-state index in [1.807, 2.05) is 32.9 Å². The summed E-state index contributed by atoms with van der Waals surface area (Å²) in [6, 6.07) is 17.7. The van der Waals surface area contributed by atoms with Crippen molar-refractivity contribution >= 4 is 11.8 Å². The fraction of sp³-hybridized carbons (Fsp3) is 0.273. The molecule has 0 saturated heterocycles. The average molecular weight is 334 g/mol. The maximum Gasteiger partial charge on any atom is 0.304 e. The lowest BCUT2D eigenvalue weighted by Crippen LogP contribution is -2.39.